The lowest BCUT2D eigenvalue weighted by molar-refractivity contribution is -0.0964. The summed E-state index contributed by atoms with van der Waals surface area (Å²) in [5.41, 5.74) is 3.26. The van der Waals surface area contributed by atoms with Crippen LogP contribution in [-0.2, 0) is 4.74 Å². The van der Waals surface area contributed by atoms with Gasteiger partial charge >= 0.3 is 0 Å². The summed E-state index contributed by atoms with van der Waals surface area (Å²) >= 11 is 0. The van der Waals surface area contributed by atoms with E-state index in [4.69, 9.17) is 4.74 Å². The van der Waals surface area contributed by atoms with Gasteiger partial charge in [0.15, 0.2) is 0 Å². The summed E-state index contributed by atoms with van der Waals surface area (Å²) in [7, 11) is 1.90. The van der Waals surface area contributed by atoms with Crippen molar-refractivity contribution in [2.75, 3.05) is 20.3 Å². The van der Waals surface area contributed by atoms with Crippen molar-refractivity contribution in [1.29, 1.82) is 5.26 Å². The first-order valence-electron chi connectivity index (χ1n) is 5.86. The first-order valence-corrected chi connectivity index (χ1v) is 5.86. The highest BCUT2D eigenvalue weighted by atomic mass is 16.5. The van der Waals surface area contributed by atoms with Gasteiger partial charge in [-0.3, -0.25) is 0 Å². The maximum atomic E-state index is 9.37. The van der Waals surface area contributed by atoms with E-state index >= 15 is 0 Å². The molecule has 1 heterocycles. The summed E-state index contributed by atoms with van der Waals surface area (Å²) < 4.78 is 5.23. The minimum atomic E-state index is -0.408. The van der Waals surface area contributed by atoms with Gasteiger partial charge in [0, 0.05) is 0 Å². The molecule has 0 aromatic heterocycles. The Morgan fingerprint density at radius 1 is 1.41 bits per heavy atom. The Labute approximate surface area is 102 Å². The zero-order chi connectivity index (χ0) is 12.5. The van der Waals surface area contributed by atoms with Crippen molar-refractivity contribution in [3.05, 3.63) is 34.9 Å². The van der Waals surface area contributed by atoms with Crippen molar-refractivity contribution in [3.8, 4) is 6.07 Å². The van der Waals surface area contributed by atoms with Gasteiger partial charge in [-0.1, -0.05) is 23.8 Å². The van der Waals surface area contributed by atoms with Crippen LogP contribution < -0.4 is 5.32 Å². The number of nitrogens with zero attached hydrogens (tertiary/aromatic N) is 1. The van der Waals surface area contributed by atoms with E-state index in [0.29, 0.717) is 13.2 Å². The molecule has 17 heavy (non-hydrogen) atoms. The number of ether oxygens (including phenoxy) is 1. The second-order valence-electron chi connectivity index (χ2n) is 4.84. The van der Waals surface area contributed by atoms with Crippen LogP contribution in [0.15, 0.2) is 18.2 Å². The Morgan fingerprint density at radius 3 is 2.53 bits per heavy atom. The van der Waals surface area contributed by atoms with Crippen LogP contribution in [0.5, 0.6) is 0 Å². The number of benzene rings is 1. The third-order valence-electron chi connectivity index (χ3n) is 3.52. The molecule has 0 aliphatic carbocycles. The van der Waals surface area contributed by atoms with Crippen LogP contribution in [-0.4, -0.2) is 20.3 Å². The number of nitrogens with one attached hydrogen (secondary N) is 1. The Balaban J connectivity index is 2.39. The standard InChI is InChI=1S/C14H18N2O/c1-10-4-5-12(11(2)6-10)13(16-3)14(7-15)8-17-9-14/h4-6,13,16H,8-9H2,1-3H3. The van der Waals surface area contributed by atoms with Crippen molar-refractivity contribution in [2.24, 2.45) is 5.41 Å². The third-order valence-corrected chi connectivity index (χ3v) is 3.52. The average molecular weight is 230 g/mol. The van der Waals surface area contributed by atoms with Crippen molar-refractivity contribution in [2.45, 2.75) is 19.9 Å². The molecule has 2 rings (SSSR count). The molecule has 1 atom stereocenters. The van der Waals surface area contributed by atoms with Gasteiger partial charge in [0.05, 0.1) is 25.3 Å². The molecule has 0 saturated carbocycles. The molecule has 1 aliphatic heterocycles. The van der Waals surface area contributed by atoms with Crippen molar-refractivity contribution in [1.82, 2.24) is 5.32 Å². The fraction of sp³-hybridized carbons (Fsp3) is 0.500. The van der Waals surface area contributed by atoms with E-state index in [9.17, 15) is 5.26 Å². The van der Waals surface area contributed by atoms with Crippen LogP contribution in [0.25, 0.3) is 0 Å². The smallest absolute Gasteiger partial charge is 0.123 e. The molecular weight excluding hydrogens is 212 g/mol. The summed E-state index contributed by atoms with van der Waals surface area (Å²) in [6.45, 7) is 5.21. The van der Waals surface area contributed by atoms with Gasteiger partial charge in [0.2, 0.25) is 0 Å². The third kappa shape index (κ3) is 1.95. The van der Waals surface area contributed by atoms with E-state index in [1.165, 1.54) is 16.7 Å². The monoisotopic (exact) mass is 230 g/mol. The molecule has 1 aromatic carbocycles. The predicted molar refractivity (Wildman–Crippen MR) is 66.6 cm³/mol. The van der Waals surface area contributed by atoms with Crippen LogP contribution in [0.3, 0.4) is 0 Å². The molecule has 1 fully saturated rings. The Hall–Kier alpha value is -1.37. The highest BCUT2D eigenvalue weighted by Gasteiger charge is 2.46. The van der Waals surface area contributed by atoms with E-state index in [2.05, 4.69) is 43.4 Å². The zero-order valence-electron chi connectivity index (χ0n) is 10.6. The minimum Gasteiger partial charge on any atom is -0.378 e. The van der Waals surface area contributed by atoms with Crippen LogP contribution >= 0.6 is 0 Å². The maximum Gasteiger partial charge on any atom is 0.123 e. The lowest BCUT2D eigenvalue weighted by atomic mass is 9.75. The minimum absolute atomic E-state index is 0.0434. The Bertz CT molecular complexity index is 458. The summed E-state index contributed by atoms with van der Waals surface area (Å²) in [6, 6.07) is 8.83. The van der Waals surface area contributed by atoms with E-state index in [0.717, 1.165) is 0 Å². The number of hydrogen-bond acceptors (Lipinski definition) is 3. The fourth-order valence-electron chi connectivity index (χ4n) is 2.50. The summed E-state index contributed by atoms with van der Waals surface area (Å²) in [4.78, 5) is 0. The average Bonchev–Trinajstić information content (AvgIpc) is 2.24. The van der Waals surface area contributed by atoms with Gasteiger partial charge in [0.1, 0.15) is 5.41 Å². The van der Waals surface area contributed by atoms with E-state index in [1.807, 2.05) is 7.05 Å². The van der Waals surface area contributed by atoms with Crippen molar-refractivity contribution in [3.63, 3.8) is 0 Å². The van der Waals surface area contributed by atoms with Crippen molar-refractivity contribution < 1.29 is 4.74 Å². The van der Waals surface area contributed by atoms with Gasteiger partial charge in [0.25, 0.3) is 0 Å². The fourth-order valence-corrected chi connectivity index (χ4v) is 2.50. The molecule has 1 aliphatic rings. The molecule has 1 saturated heterocycles. The zero-order valence-corrected chi connectivity index (χ0v) is 10.6. The predicted octanol–water partition coefficient (Wildman–Crippen LogP) is 2.10. The van der Waals surface area contributed by atoms with E-state index < -0.39 is 5.41 Å². The molecule has 3 heteroatoms. The van der Waals surface area contributed by atoms with Gasteiger partial charge < -0.3 is 10.1 Å². The highest BCUT2D eigenvalue weighted by molar-refractivity contribution is 5.36. The van der Waals surface area contributed by atoms with Gasteiger partial charge in [-0.25, -0.2) is 0 Å². The van der Waals surface area contributed by atoms with E-state index in [1.54, 1.807) is 0 Å². The van der Waals surface area contributed by atoms with Crippen LogP contribution in [0, 0.1) is 30.6 Å². The summed E-state index contributed by atoms with van der Waals surface area (Å²) in [5.74, 6) is 0. The largest absolute Gasteiger partial charge is 0.378 e. The molecule has 90 valence electrons. The summed E-state index contributed by atoms with van der Waals surface area (Å²) in [5, 5.41) is 12.6. The van der Waals surface area contributed by atoms with Crippen LogP contribution in [0.4, 0.5) is 0 Å². The second-order valence-corrected chi connectivity index (χ2v) is 4.84. The van der Waals surface area contributed by atoms with Crippen LogP contribution in [0.2, 0.25) is 0 Å². The molecule has 1 aromatic rings. The van der Waals surface area contributed by atoms with Gasteiger partial charge in [-0.05, 0) is 32.0 Å². The lowest BCUT2D eigenvalue weighted by Crippen LogP contribution is -2.50. The molecule has 1 unspecified atom stereocenters. The van der Waals surface area contributed by atoms with Crippen LogP contribution in [0.1, 0.15) is 22.7 Å². The molecule has 0 spiro atoms. The van der Waals surface area contributed by atoms with E-state index in [-0.39, 0.29) is 6.04 Å². The number of aryl methyl sites for hydroxylation is 2. The molecule has 0 radical (unpaired) electrons. The topological polar surface area (TPSA) is 45.0 Å². The quantitative estimate of drug-likeness (QED) is 0.865. The first-order chi connectivity index (χ1) is 8.13. The number of hydrogen-bond donors (Lipinski definition) is 1. The van der Waals surface area contributed by atoms with Crippen molar-refractivity contribution >= 4 is 0 Å². The summed E-state index contributed by atoms with van der Waals surface area (Å²) in [6.07, 6.45) is 0. The Kier molecular flexibility index (Phi) is 3.19. The normalized spacial score (nSPS) is 19.2. The first kappa shape index (κ1) is 12.1. The SMILES string of the molecule is CNC(c1ccc(C)cc1C)C1(C#N)COC1. The molecule has 0 amide bonds. The van der Waals surface area contributed by atoms with Gasteiger partial charge in [-0.15, -0.1) is 0 Å². The second kappa shape index (κ2) is 4.48. The molecule has 1 N–H and O–H groups in total. The highest BCUT2D eigenvalue weighted by Crippen LogP contribution is 2.40. The number of rotatable bonds is 3. The molecule has 0 bridgehead atoms. The lowest BCUT2D eigenvalue weighted by Gasteiger charge is -2.42. The molecular formula is C14H18N2O. The number of nitriles is 1. The molecule has 3 nitrogen and oxygen atoms in total. The maximum absolute atomic E-state index is 9.37. The Morgan fingerprint density at radius 2 is 2.12 bits per heavy atom. The van der Waals surface area contributed by atoms with Gasteiger partial charge in [-0.2, -0.15) is 5.26 Å².